The first-order valence-corrected chi connectivity index (χ1v) is 9.89. The van der Waals surface area contributed by atoms with Crippen molar-refractivity contribution in [2.75, 3.05) is 13.1 Å². The van der Waals surface area contributed by atoms with Crippen molar-refractivity contribution in [2.24, 2.45) is 7.05 Å². The van der Waals surface area contributed by atoms with Crippen LogP contribution in [-0.4, -0.2) is 38.6 Å². The number of carbonyl (C=O) groups excluding carboxylic acids is 1. The molecule has 6 heteroatoms. The lowest BCUT2D eigenvalue weighted by molar-refractivity contribution is -0.131. The van der Waals surface area contributed by atoms with Crippen LogP contribution in [0.1, 0.15) is 48.2 Å². The van der Waals surface area contributed by atoms with E-state index < -0.39 is 0 Å². The average molecular weight is 370 g/mol. The highest BCUT2D eigenvalue weighted by Crippen LogP contribution is 2.28. The number of amides is 1. The van der Waals surface area contributed by atoms with Crippen LogP contribution < -0.4 is 0 Å². The highest BCUT2D eigenvalue weighted by atomic mass is 19.1. The van der Waals surface area contributed by atoms with Crippen LogP contribution >= 0.6 is 0 Å². The second kappa shape index (κ2) is 7.80. The van der Waals surface area contributed by atoms with E-state index in [1.165, 1.54) is 30.9 Å². The van der Waals surface area contributed by atoms with Crippen LogP contribution in [0.15, 0.2) is 24.3 Å². The molecule has 144 valence electrons. The van der Waals surface area contributed by atoms with Crippen molar-refractivity contribution in [1.82, 2.24) is 19.6 Å². The van der Waals surface area contributed by atoms with E-state index in [0.29, 0.717) is 31.5 Å². The summed E-state index contributed by atoms with van der Waals surface area (Å²) in [5, 5.41) is 4.71. The lowest BCUT2D eigenvalue weighted by Crippen LogP contribution is -2.30. The highest BCUT2D eigenvalue weighted by molar-refractivity contribution is 5.77. The van der Waals surface area contributed by atoms with Crippen molar-refractivity contribution >= 4 is 5.91 Å². The monoisotopic (exact) mass is 370 g/mol. The quantitative estimate of drug-likeness (QED) is 0.812. The molecule has 1 saturated heterocycles. The molecule has 1 aromatic carbocycles. The number of halogens is 1. The Morgan fingerprint density at radius 3 is 2.70 bits per heavy atom. The standard InChI is InChI=1S/C21H27FN4O/c1-24-20-15-26(21(27)10-9-16-7-3-4-8-18(16)22)13-17(20)19(23-24)14-25-11-5-2-6-12-25/h3-4,7-8H,2,5-6,9-15H2,1H3. The topological polar surface area (TPSA) is 41.4 Å². The van der Waals surface area contributed by atoms with Gasteiger partial charge in [-0.1, -0.05) is 24.6 Å². The first kappa shape index (κ1) is 18.2. The number of piperidine rings is 1. The molecule has 1 fully saturated rings. The average Bonchev–Trinajstić information content (AvgIpc) is 3.23. The summed E-state index contributed by atoms with van der Waals surface area (Å²) in [7, 11) is 1.96. The van der Waals surface area contributed by atoms with Crippen LogP contribution in [0.25, 0.3) is 0 Å². The van der Waals surface area contributed by atoms with Crippen LogP contribution in [0.3, 0.4) is 0 Å². The predicted octanol–water partition coefficient (Wildman–Crippen LogP) is 3.02. The molecule has 0 aliphatic carbocycles. The zero-order valence-electron chi connectivity index (χ0n) is 16.0. The highest BCUT2D eigenvalue weighted by Gasteiger charge is 2.30. The molecule has 0 unspecified atom stereocenters. The van der Waals surface area contributed by atoms with E-state index in [4.69, 9.17) is 5.10 Å². The third kappa shape index (κ3) is 3.90. The molecule has 2 aromatic rings. The Labute approximate surface area is 159 Å². The van der Waals surface area contributed by atoms with Gasteiger partial charge < -0.3 is 4.90 Å². The lowest BCUT2D eigenvalue weighted by atomic mass is 10.1. The van der Waals surface area contributed by atoms with Gasteiger partial charge in [0, 0.05) is 32.1 Å². The Morgan fingerprint density at radius 1 is 1.15 bits per heavy atom. The minimum absolute atomic E-state index is 0.0818. The molecule has 1 aromatic heterocycles. The maximum absolute atomic E-state index is 13.8. The number of nitrogens with zero attached hydrogens (tertiary/aromatic N) is 4. The zero-order chi connectivity index (χ0) is 18.8. The molecule has 2 aliphatic heterocycles. The van der Waals surface area contributed by atoms with Gasteiger partial charge >= 0.3 is 0 Å². The van der Waals surface area contributed by atoms with Crippen LogP contribution in [0, 0.1) is 5.82 Å². The van der Waals surface area contributed by atoms with E-state index in [-0.39, 0.29) is 11.7 Å². The van der Waals surface area contributed by atoms with Crippen LogP contribution in [-0.2, 0) is 37.9 Å². The molecule has 27 heavy (non-hydrogen) atoms. The molecule has 0 bridgehead atoms. The minimum atomic E-state index is -0.233. The Hall–Kier alpha value is -2.21. The van der Waals surface area contributed by atoms with Crippen molar-refractivity contribution in [3.8, 4) is 0 Å². The summed E-state index contributed by atoms with van der Waals surface area (Å²) in [4.78, 5) is 17.0. The van der Waals surface area contributed by atoms with Crippen molar-refractivity contribution in [3.05, 3.63) is 52.6 Å². The fourth-order valence-electron chi connectivity index (χ4n) is 4.21. The number of carbonyl (C=O) groups is 1. The molecule has 2 aliphatic rings. The number of likely N-dealkylation sites (tertiary alicyclic amines) is 1. The second-order valence-corrected chi connectivity index (χ2v) is 7.67. The lowest BCUT2D eigenvalue weighted by Gasteiger charge is -2.26. The Morgan fingerprint density at radius 2 is 1.93 bits per heavy atom. The molecule has 1 amide bonds. The largest absolute Gasteiger partial charge is 0.332 e. The van der Waals surface area contributed by atoms with Gasteiger partial charge in [0.1, 0.15) is 5.82 Å². The summed E-state index contributed by atoms with van der Waals surface area (Å²) in [5.41, 5.74) is 4.07. The Bertz CT molecular complexity index is 826. The molecule has 4 rings (SSSR count). The first-order chi connectivity index (χ1) is 13.1. The Kier molecular flexibility index (Phi) is 5.25. The van der Waals surface area contributed by atoms with E-state index in [2.05, 4.69) is 4.90 Å². The minimum Gasteiger partial charge on any atom is -0.332 e. The first-order valence-electron chi connectivity index (χ1n) is 9.89. The molecule has 0 N–H and O–H groups in total. The number of rotatable bonds is 5. The smallest absolute Gasteiger partial charge is 0.223 e. The number of hydrogen-bond acceptors (Lipinski definition) is 3. The van der Waals surface area contributed by atoms with Gasteiger partial charge in [-0.05, 0) is 44.0 Å². The fraction of sp³-hybridized carbons (Fsp3) is 0.524. The van der Waals surface area contributed by atoms with Crippen LogP contribution in [0.2, 0.25) is 0 Å². The van der Waals surface area contributed by atoms with Gasteiger partial charge in [0.2, 0.25) is 5.91 Å². The van der Waals surface area contributed by atoms with E-state index in [9.17, 15) is 9.18 Å². The molecule has 0 saturated carbocycles. The molecular formula is C21H27FN4O. The van der Waals surface area contributed by atoms with Gasteiger partial charge in [0.15, 0.2) is 0 Å². The summed E-state index contributed by atoms with van der Waals surface area (Å²) in [5.74, 6) is -0.151. The molecule has 0 radical (unpaired) electrons. The van der Waals surface area contributed by atoms with Gasteiger partial charge in [-0.15, -0.1) is 0 Å². The van der Waals surface area contributed by atoms with E-state index in [0.717, 1.165) is 31.0 Å². The molecule has 0 atom stereocenters. The SMILES string of the molecule is Cn1nc(CN2CCCCC2)c2c1CN(C(=O)CCc1ccccc1F)C2. The van der Waals surface area contributed by atoms with Crippen molar-refractivity contribution in [3.63, 3.8) is 0 Å². The van der Waals surface area contributed by atoms with Crippen molar-refractivity contribution in [1.29, 1.82) is 0 Å². The summed E-state index contributed by atoms with van der Waals surface area (Å²) < 4.78 is 15.7. The van der Waals surface area contributed by atoms with Gasteiger partial charge in [-0.3, -0.25) is 14.4 Å². The second-order valence-electron chi connectivity index (χ2n) is 7.67. The summed E-state index contributed by atoms with van der Waals surface area (Å²) in [6.07, 6.45) is 4.62. The maximum Gasteiger partial charge on any atom is 0.223 e. The maximum atomic E-state index is 13.8. The number of hydrogen-bond donors (Lipinski definition) is 0. The van der Waals surface area contributed by atoms with Crippen molar-refractivity contribution in [2.45, 2.75) is 51.7 Å². The third-order valence-electron chi connectivity index (χ3n) is 5.79. The number of benzene rings is 1. The van der Waals surface area contributed by atoms with Crippen LogP contribution in [0.4, 0.5) is 4.39 Å². The number of aryl methyl sites for hydroxylation is 2. The number of fused-ring (bicyclic) bond motifs is 1. The molecule has 5 nitrogen and oxygen atoms in total. The van der Waals surface area contributed by atoms with Gasteiger partial charge in [-0.25, -0.2) is 4.39 Å². The summed E-state index contributed by atoms with van der Waals surface area (Å²) in [6.45, 7) is 4.38. The van der Waals surface area contributed by atoms with Gasteiger partial charge in [-0.2, -0.15) is 5.10 Å². The summed E-state index contributed by atoms with van der Waals surface area (Å²) in [6, 6.07) is 6.69. The number of aromatic nitrogens is 2. The van der Waals surface area contributed by atoms with E-state index in [1.807, 2.05) is 22.7 Å². The summed E-state index contributed by atoms with van der Waals surface area (Å²) >= 11 is 0. The normalized spacial score (nSPS) is 17.3. The molecule has 0 spiro atoms. The van der Waals surface area contributed by atoms with E-state index in [1.54, 1.807) is 12.1 Å². The fourth-order valence-corrected chi connectivity index (χ4v) is 4.21. The molecular weight excluding hydrogens is 343 g/mol. The Balaban J connectivity index is 1.39. The third-order valence-corrected chi connectivity index (χ3v) is 5.79. The predicted molar refractivity (Wildman–Crippen MR) is 101 cm³/mol. The van der Waals surface area contributed by atoms with Crippen molar-refractivity contribution < 1.29 is 9.18 Å². The van der Waals surface area contributed by atoms with Gasteiger partial charge in [0.05, 0.1) is 17.9 Å². The molecule has 3 heterocycles. The zero-order valence-corrected chi connectivity index (χ0v) is 16.0. The van der Waals surface area contributed by atoms with Crippen LogP contribution in [0.5, 0.6) is 0 Å². The van der Waals surface area contributed by atoms with E-state index >= 15 is 0 Å². The van der Waals surface area contributed by atoms with Gasteiger partial charge in [0.25, 0.3) is 0 Å².